The number of nitrogens with zero attached hydrogens (tertiary/aromatic N) is 4. The third kappa shape index (κ3) is 4.75. The molecule has 0 saturated heterocycles. The summed E-state index contributed by atoms with van der Waals surface area (Å²) < 4.78 is 0. The summed E-state index contributed by atoms with van der Waals surface area (Å²) in [7, 11) is 0. The summed E-state index contributed by atoms with van der Waals surface area (Å²) in [5.74, 6) is 1.10. The SMILES string of the molecule is CC[C@H](C)Nc1nc(Nc2ccc([N+](=O)[O-])cc2)cc(-c2cccnc2)n1. The third-order valence-corrected chi connectivity index (χ3v) is 4.02. The number of rotatable bonds is 7. The number of hydrogen-bond donors (Lipinski definition) is 2. The fraction of sp³-hybridized carbons (Fsp3) is 0.211. The highest BCUT2D eigenvalue weighted by Crippen LogP contribution is 2.24. The van der Waals surface area contributed by atoms with Crippen LogP contribution in [0.25, 0.3) is 11.3 Å². The molecule has 138 valence electrons. The molecule has 3 aromatic rings. The van der Waals surface area contributed by atoms with E-state index in [1.54, 1.807) is 24.5 Å². The molecule has 0 spiro atoms. The van der Waals surface area contributed by atoms with Crippen molar-refractivity contribution in [2.24, 2.45) is 0 Å². The van der Waals surface area contributed by atoms with Gasteiger partial charge in [0.05, 0.1) is 10.6 Å². The molecule has 0 aliphatic rings. The predicted molar refractivity (Wildman–Crippen MR) is 105 cm³/mol. The van der Waals surface area contributed by atoms with E-state index < -0.39 is 4.92 Å². The van der Waals surface area contributed by atoms with E-state index in [4.69, 9.17) is 0 Å². The Labute approximate surface area is 156 Å². The second-order valence-electron chi connectivity index (χ2n) is 6.09. The number of nitrogens with one attached hydrogen (secondary N) is 2. The van der Waals surface area contributed by atoms with E-state index in [-0.39, 0.29) is 11.7 Å². The first-order valence-corrected chi connectivity index (χ1v) is 8.62. The molecule has 0 aliphatic heterocycles. The number of nitro benzene ring substituents is 1. The number of aromatic nitrogens is 3. The van der Waals surface area contributed by atoms with Gasteiger partial charge in [0.15, 0.2) is 0 Å². The Morgan fingerprint density at radius 3 is 2.59 bits per heavy atom. The first kappa shape index (κ1) is 18.2. The fourth-order valence-corrected chi connectivity index (χ4v) is 2.37. The minimum Gasteiger partial charge on any atom is -0.352 e. The van der Waals surface area contributed by atoms with E-state index >= 15 is 0 Å². The molecule has 0 fully saturated rings. The van der Waals surface area contributed by atoms with Gasteiger partial charge in [0.2, 0.25) is 5.95 Å². The van der Waals surface area contributed by atoms with Gasteiger partial charge >= 0.3 is 0 Å². The van der Waals surface area contributed by atoms with Crippen LogP contribution in [0.15, 0.2) is 54.9 Å². The average molecular weight is 364 g/mol. The lowest BCUT2D eigenvalue weighted by molar-refractivity contribution is -0.384. The second kappa shape index (κ2) is 8.22. The molecule has 0 unspecified atom stereocenters. The van der Waals surface area contributed by atoms with E-state index in [1.807, 2.05) is 18.2 Å². The minimum absolute atomic E-state index is 0.0402. The van der Waals surface area contributed by atoms with Crippen LogP contribution in [-0.4, -0.2) is 25.9 Å². The van der Waals surface area contributed by atoms with Crippen molar-refractivity contribution >= 4 is 23.1 Å². The van der Waals surface area contributed by atoms with Crippen LogP contribution in [0, 0.1) is 10.1 Å². The molecule has 2 N–H and O–H groups in total. The molecule has 0 radical (unpaired) electrons. The summed E-state index contributed by atoms with van der Waals surface area (Å²) in [4.78, 5) is 23.6. The van der Waals surface area contributed by atoms with Gasteiger partial charge in [-0.3, -0.25) is 15.1 Å². The van der Waals surface area contributed by atoms with E-state index in [9.17, 15) is 10.1 Å². The highest BCUT2D eigenvalue weighted by atomic mass is 16.6. The summed E-state index contributed by atoms with van der Waals surface area (Å²) in [6.07, 6.45) is 4.38. The molecule has 8 heteroatoms. The Morgan fingerprint density at radius 1 is 1.19 bits per heavy atom. The van der Waals surface area contributed by atoms with Crippen LogP contribution in [0.1, 0.15) is 20.3 Å². The van der Waals surface area contributed by atoms with Gasteiger partial charge in [-0.2, -0.15) is 4.98 Å². The van der Waals surface area contributed by atoms with Gasteiger partial charge in [-0.1, -0.05) is 6.92 Å². The topological polar surface area (TPSA) is 106 Å². The van der Waals surface area contributed by atoms with Gasteiger partial charge in [0.1, 0.15) is 5.82 Å². The Bertz CT molecular complexity index is 915. The average Bonchev–Trinajstić information content (AvgIpc) is 2.69. The van der Waals surface area contributed by atoms with E-state index in [2.05, 4.69) is 39.4 Å². The molecule has 3 rings (SSSR count). The van der Waals surface area contributed by atoms with Gasteiger partial charge in [0, 0.05) is 47.9 Å². The van der Waals surface area contributed by atoms with Crippen molar-refractivity contribution in [3.05, 3.63) is 65.0 Å². The molecule has 1 atom stereocenters. The van der Waals surface area contributed by atoms with Crippen LogP contribution in [0.2, 0.25) is 0 Å². The van der Waals surface area contributed by atoms with Crippen molar-refractivity contribution < 1.29 is 4.92 Å². The quantitative estimate of drug-likeness (QED) is 0.473. The maximum Gasteiger partial charge on any atom is 0.269 e. The lowest BCUT2D eigenvalue weighted by Crippen LogP contribution is -2.16. The number of anilines is 3. The van der Waals surface area contributed by atoms with E-state index in [0.29, 0.717) is 17.5 Å². The Kier molecular flexibility index (Phi) is 5.55. The van der Waals surface area contributed by atoms with Crippen LogP contribution in [0.4, 0.5) is 23.1 Å². The molecule has 0 saturated carbocycles. The van der Waals surface area contributed by atoms with Gasteiger partial charge < -0.3 is 10.6 Å². The van der Waals surface area contributed by atoms with Crippen molar-refractivity contribution in [2.45, 2.75) is 26.3 Å². The summed E-state index contributed by atoms with van der Waals surface area (Å²) in [6.45, 7) is 4.14. The van der Waals surface area contributed by atoms with Crippen molar-refractivity contribution in [2.75, 3.05) is 10.6 Å². The van der Waals surface area contributed by atoms with Crippen molar-refractivity contribution in [1.82, 2.24) is 15.0 Å². The molecule has 27 heavy (non-hydrogen) atoms. The Morgan fingerprint density at radius 2 is 1.96 bits per heavy atom. The third-order valence-electron chi connectivity index (χ3n) is 4.02. The molecule has 0 bridgehead atoms. The van der Waals surface area contributed by atoms with Crippen LogP contribution < -0.4 is 10.6 Å². The van der Waals surface area contributed by atoms with Gasteiger partial charge in [-0.25, -0.2) is 4.98 Å². The predicted octanol–water partition coefficient (Wildman–Crippen LogP) is 4.40. The molecule has 1 aromatic carbocycles. The summed E-state index contributed by atoms with van der Waals surface area (Å²) in [6, 6.07) is 12.0. The zero-order chi connectivity index (χ0) is 19.2. The lowest BCUT2D eigenvalue weighted by Gasteiger charge is -2.14. The van der Waals surface area contributed by atoms with Crippen LogP contribution in [-0.2, 0) is 0 Å². The second-order valence-corrected chi connectivity index (χ2v) is 6.09. The van der Waals surface area contributed by atoms with E-state index in [0.717, 1.165) is 17.7 Å². The molecular formula is C19H20N6O2. The molecule has 0 amide bonds. The van der Waals surface area contributed by atoms with Crippen molar-refractivity contribution in [3.63, 3.8) is 0 Å². The molecule has 8 nitrogen and oxygen atoms in total. The maximum atomic E-state index is 10.8. The van der Waals surface area contributed by atoms with E-state index in [1.165, 1.54) is 12.1 Å². The summed E-state index contributed by atoms with van der Waals surface area (Å²) >= 11 is 0. The fourth-order valence-electron chi connectivity index (χ4n) is 2.37. The van der Waals surface area contributed by atoms with Crippen molar-refractivity contribution in [1.29, 1.82) is 0 Å². The first-order chi connectivity index (χ1) is 13.0. The summed E-state index contributed by atoms with van der Waals surface area (Å²) in [5, 5.41) is 17.3. The highest BCUT2D eigenvalue weighted by molar-refractivity contribution is 5.67. The van der Waals surface area contributed by atoms with Crippen LogP contribution >= 0.6 is 0 Å². The normalized spacial score (nSPS) is 11.6. The minimum atomic E-state index is -0.427. The standard InChI is InChI=1S/C19H20N6O2/c1-3-13(2)21-19-23-17(14-5-4-10-20-12-14)11-18(24-19)22-15-6-8-16(9-7-15)25(26)27/h4-13H,3H2,1-2H3,(H2,21,22,23,24)/t13-/m0/s1. The van der Waals surface area contributed by atoms with Gasteiger partial charge in [-0.05, 0) is 37.6 Å². The van der Waals surface area contributed by atoms with Gasteiger partial charge in [-0.15, -0.1) is 0 Å². The number of non-ortho nitro benzene ring substituents is 1. The summed E-state index contributed by atoms with van der Waals surface area (Å²) in [5.41, 5.74) is 2.34. The molecule has 2 heterocycles. The highest BCUT2D eigenvalue weighted by Gasteiger charge is 2.10. The largest absolute Gasteiger partial charge is 0.352 e. The molecule has 0 aliphatic carbocycles. The van der Waals surface area contributed by atoms with Gasteiger partial charge in [0.25, 0.3) is 5.69 Å². The number of nitro groups is 1. The van der Waals surface area contributed by atoms with Crippen molar-refractivity contribution in [3.8, 4) is 11.3 Å². The number of benzene rings is 1. The zero-order valence-corrected chi connectivity index (χ0v) is 15.1. The molecular weight excluding hydrogens is 344 g/mol. The number of pyridine rings is 1. The van der Waals surface area contributed by atoms with Crippen LogP contribution in [0.3, 0.4) is 0 Å². The first-order valence-electron chi connectivity index (χ1n) is 8.62. The molecule has 2 aromatic heterocycles. The monoisotopic (exact) mass is 364 g/mol. The maximum absolute atomic E-state index is 10.8. The zero-order valence-electron chi connectivity index (χ0n) is 15.1. The Balaban J connectivity index is 1.93. The number of hydrogen-bond acceptors (Lipinski definition) is 7. The Hall–Kier alpha value is -3.55. The lowest BCUT2D eigenvalue weighted by atomic mass is 10.2. The van der Waals surface area contributed by atoms with Crippen LogP contribution in [0.5, 0.6) is 0 Å². The smallest absolute Gasteiger partial charge is 0.269 e.